The van der Waals surface area contributed by atoms with Crippen molar-refractivity contribution in [2.75, 3.05) is 30.0 Å². The minimum Gasteiger partial charge on any atom is -0.497 e. The second-order valence-electron chi connectivity index (χ2n) is 7.82. The second kappa shape index (κ2) is 8.66. The zero-order chi connectivity index (χ0) is 29.1. The maximum absolute atomic E-state index is 13.9. The average molecular weight is 466 g/mol. The highest BCUT2D eigenvalue weighted by molar-refractivity contribution is 6.09. The number of fused-ring (bicyclic) bond motifs is 1. The summed E-state index contributed by atoms with van der Waals surface area (Å²) in [6, 6.07) is 4.16. The Morgan fingerprint density at radius 2 is 1.71 bits per heavy atom. The molecule has 3 aromatic rings. The van der Waals surface area contributed by atoms with E-state index in [2.05, 4.69) is 5.10 Å². The van der Waals surface area contributed by atoms with E-state index in [9.17, 15) is 14.4 Å². The predicted molar refractivity (Wildman–Crippen MR) is 127 cm³/mol. The first-order valence-corrected chi connectivity index (χ1v) is 10.7. The number of primary amides is 1. The Kier molecular flexibility index (Phi) is 3.99. The molecule has 9 heteroatoms. The minimum atomic E-state index is -2.34. The highest BCUT2D eigenvalue weighted by Crippen LogP contribution is 2.31. The van der Waals surface area contributed by atoms with Gasteiger partial charge >= 0.3 is 0 Å². The molecule has 5 rings (SSSR count). The molecule has 2 N–H and O–H groups in total. The van der Waals surface area contributed by atoms with Gasteiger partial charge in [-0.05, 0) is 67.6 Å². The summed E-state index contributed by atoms with van der Waals surface area (Å²) in [6.07, 6.45) is -0.193. The Labute approximate surface area is 205 Å². The quantitative estimate of drug-likeness (QED) is 0.623. The van der Waals surface area contributed by atoms with E-state index in [1.54, 1.807) is 29.2 Å². The maximum Gasteiger partial charge on any atom is 0.277 e. The first kappa shape index (κ1) is 15.7. The number of amides is 3. The summed E-state index contributed by atoms with van der Waals surface area (Å²) in [6.45, 7) is 0.0782. The topological polar surface area (TPSA) is 111 Å². The molecular weight excluding hydrogens is 434 g/mol. The van der Waals surface area contributed by atoms with Crippen molar-refractivity contribution in [3.63, 3.8) is 0 Å². The van der Waals surface area contributed by atoms with Crippen molar-refractivity contribution in [3.05, 3.63) is 65.4 Å². The largest absolute Gasteiger partial charge is 0.497 e. The molecule has 2 aromatic carbocycles. The number of nitrogens with zero attached hydrogens (tertiary/aromatic N) is 4. The van der Waals surface area contributed by atoms with Gasteiger partial charge in [-0.1, -0.05) is 0 Å². The molecule has 1 fully saturated rings. The highest BCUT2D eigenvalue weighted by atomic mass is 16.5. The second-order valence-corrected chi connectivity index (χ2v) is 7.82. The van der Waals surface area contributed by atoms with Crippen molar-refractivity contribution in [1.82, 2.24) is 9.78 Å². The molecule has 9 nitrogen and oxygen atoms in total. The molecule has 1 aromatic heterocycles. The Balaban J connectivity index is 1.67. The van der Waals surface area contributed by atoms with Gasteiger partial charge in [-0.2, -0.15) is 5.10 Å². The SMILES string of the molecule is [2H]c1c([2H])c(-n2nc(C(N)=O)c3c2C(=O)N(c2ccc(N4CCCCC4=O)cc2)CC3([2H])[2H])c([2H])c([2H])c1OC. The van der Waals surface area contributed by atoms with Crippen molar-refractivity contribution < 1.29 is 27.3 Å². The average Bonchev–Trinajstić information content (AvgIpc) is 3.33. The van der Waals surface area contributed by atoms with E-state index in [0.717, 1.165) is 22.4 Å². The van der Waals surface area contributed by atoms with Gasteiger partial charge < -0.3 is 20.3 Å². The summed E-state index contributed by atoms with van der Waals surface area (Å²) in [4.78, 5) is 41.4. The lowest BCUT2D eigenvalue weighted by atomic mass is 10.0. The van der Waals surface area contributed by atoms with Crippen molar-refractivity contribution in [2.45, 2.75) is 25.6 Å². The molecule has 0 saturated carbocycles. The molecular formula is C25H25N5O4. The van der Waals surface area contributed by atoms with Crippen LogP contribution in [0.1, 0.15) is 54.0 Å². The van der Waals surface area contributed by atoms with E-state index < -0.39 is 71.5 Å². The Hall–Kier alpha value is -4.14. The fraction of sp³-hybridized carbons (Fsp3) is 0.280. The number of piperidine rings is 1. The smallest absolute Gasteiger partial charge is 0.277 e. The summed E-state index contributed by atoms with van der Waals surface area (Å²) in [5.74, 6) is -2.25. The number of aromatic nitrogens is 2. The zero-order valence-corrected chi connectivity index (χ0v) is 18.3. The molecule has 3 amide bonds. The summed E-state index contributed by atoms with van der Waals surface area (Å²) in [7, 11) is 1.19. The van der Waals surface area contributed by atoms with Gasteiger partial charge in [0.25, 0.3) is 11.8 Å². The molecule has 2 aliphatic rings. The van der Waals surface area contributed by atoms with Crippen LogP contribution in [0, 0.1) is 0 Å². The third-order valence-corrected chi connectivity index (χ3v) is 5.78. The molecule has 0 aliphatic carbocycles. The molecule has 0 spiro atoms. The van der Waals surface area contributed by atoms with Crippen LogP contribution in [-0.2, 0) is 11.2 Å². The third-order valence-electron chi connectivity index (χ3n) is 5.78. The number of hydrogen-bond acceptors (Lipinski definition) is 5. The van der Waals surface area contributed by atoms with Crippen molar-refractivity contribution in [3.8, 4) is 11.4 Å². The number of anilines is 2. The number of nitrogens with two attached hydrogens (primary N) is 1. The van der Waals surface area contributed by atoms with Crippen LogP contribution in [0.3, 0.4) is 0 Å². The molecule has 0 radical (unpaired) electrons. The van der Waals surface area contributed by atoms with Gasteiger partial charge in [0.1, 0.15) is 11.4 Å². The number of carbonyl (C=O) groups is 3. The van der Waals surface area contributed by atoms with Gasteiger partial charge in [-0.3, -0.25) is 14.4 Å². The lowest BCUT2D eigenvalue weighted by Crippen LogP contribution is -2.39. The summed E-state index contributed by atoms with van der Waals surface area (Å²) < 4.78 is 56.6. The first-order valence-electron chi connectivity index (χ1n) is 13.7. The monoisotopic (exact) mass is 465 g/mol. The molecule has 1 saturated heterocycles. The van der Waals surface area contributed by atoms with Gasteiger partial charge in [-0.15, -0.1) is 0 Å². The van der Waals surface area contributed by atoms with E-state index >= 15 is 0 Å². The van der Waals surface area contributed by atoms with Crippen LogP contribution in [0.2, 0.25) is 0 Å². The lowest BCUT2D eigenvalue weighted by molar-refractivity contribution is -0.119. The number of hydrogen-bond donors (Lipinski definition) is 1. The molecule has 0 unspecified atom stereocenters. The van der Waals surface area contributed by atoms with Crippen molar-refractivity contribution in [2.24, 2.45) is 5.73 Å². The molecule has 2 aliphatic heterocycles. The molecule has 174 valence electrons. The summed E-state index contributed by atoms with van der Waals surface area (Å²) >= 11 is 0. The van der Waals surface area contributed by atoms with Crippen LogP contribution < -0.4 is 20.3 Å². The fourth-order valence-electron chi connectivity index (χ4n) is 4.08. The van der Waals surface area contributed by atoms with Crippen LogP contribution >= 0.6 is 0 Å². The van der Waals surface area contributed by atoms with Gasteiger partial charge in [0.2, 0.25) is 5.91 Å². The van der Waals surface area contributed by atoms with Crippen LogP contribution in [0.5, 0.6) is 5.75 Å². The van der Waals surface area contributed by atoms with Crippen molar-refractivity contribution >= 4 is 29.1 Å². The fourth-order valence-corrected chi connectivity index (χ4v) is 4.08. The molecule has 0 bridgehead atoms. The van der Waals surface area contributed by atoms with E-state index in [4.69, 9.17) is 18.7 Å². The maximum atomic E-state index is 13.9. The van der Waals surface area contributed by atoms with E-state index in [1.165, 1.54) is 7.11 Å². The number of benzene rings is 2. The number of methoxy groups -OCH3 is 1. The predicted octanol–water partition coefficient (Wildman–Crippen LogP) is 2.70. The summed E-state index contributed by atoms with van der Waals surface area (Å²) in [5.41, 5.74) is 4.56. The Morgan fingerprint density at radius 1 is 1.03 bits per heavy atom. The Morgan fingerprint density at radius 3 is 2.32 bits per heavy atom. The van der Waals surface area contributed by atoms with E-state index in [1.807, 2.05) is 0 Å². The first-order chi connectivity index (χ1) is 18.9. The normalized spacial score (nSPS) is 19.9. The standard InChI is InChI=1S/C25H25N5O4/c1-34-19-11-9-18(10-12-19)30-23-20(22(27-30)24(26)32)13-15-29(25(23)33)17-7-5-16(6-8-17)28-14-3-2-4-21(28)31/h5-12H,2-4,13-15H2,1H3,(H2,26,32)/i9D,10D,11D,12D,13D2. The molecule has 3 heterocycles. The third kappa shape index (κ3) is 3.68. The zero-order valence-electron chi connectivity index (χ0n) is 24.3. The van der Waals surface area contributed by atoms with Gasteiger partial charge in [0, 0.05) is 39.2 Å². The summed E-state index contributed by atoms with van der Waals surface area (Å²) in [5, 5.41) is 4.04. The van der Waals surface area contributed by atoms with Crippen LogP contribution in [0.4, 0.5) is 11.4 Å². The van der Waals surface area contributed by atoms with E-state index in [-0.39, 0.29) is 11.7 Å². The van der Waals surface area contributed by atoms with Gasteiger partial charge in [0.05, 0.1) is 18.3 Å². The van der Waals surface area contributed by atoms with Crippen LogP contribution in [-0.4, -0.2) is 47.7 Å². The number of carbonyl (C=O) groups excluding carboxylic acids is 3. The molecule has 0 atom stereocenters. The Bertz CT molecular complexity index is 1540. The van der Waals surface area contributed by atoms with Crippen LogP contribution in [0.25, 0.3) is 5.69 Å². The highest BCUT2D eigenvalue weighted by Gasteiger charge is 2.34. The van der Waals surface area contributed by atoms with E-state index in [0.29, 0.717) is 24.3 Å². The molecule has 34 heavy (non-hydrogen) atoms. The van der Waals surface area contributed by atoms with Crippen molar-refractivity contribution in [1.29, 1.82) is 0 Å². The van der Waals surface area contributed by atoms with Crippen LogP contribution in [0.15, 0.2) is 48.4 Å². The number of ether oxygens (including phenoxy) is 1. The lowest BCUT2D eigenvalue weighted by Gasteiger charge is -2.29. The van der Waals surface area contributed by atoms with Gasteiger partial charge in [0.15, 0.2) is 5.69 Å². The van der Waals surface area contributed by atoms with Gasteiger partial charge in [-0.25, -0.2) is 4.68 Å². The minimum absolute atomic E-state index is 0.00341. The number of rotatable bonds is 5.